The molecule has 1 aromatic rings. The molecule has 0 saturated heterocycles. The van der Waals surface area contributed by atoms with Crippen LogP contribution in [0.15, 0.2) is 6.07 Å². The van der Waals surface area contributed by atoms with Crippen LogP contribution in [0.25, 0.3) is 0 Å². The van der Waals surface area contributed by atoms with E-state index in [1.807, 2.05) is 40.7 Å². The largest absolute Gasteiger partial charge is 0.507 e. The van der Waals surface area contributed by atoms with Crippen molar-refractivity contribution < 1.29 is 9.84 Å². The Bertz CT molecular complexity index is 387. The number of aromatic hydroxyl groups is 1. The third-order valence-corrected chi connectivity index (χ3v) is 2.60. The van der Waals surface area contributed by atoms with Crippen LogP contribution in [0.3, 0.4) is 0 Å². The molecule has 0 aliphatic heterocycles. The Morgan fingerprint density at radius 3 is 2.25 bits per heavy atom. The number of aryl methyl sites for hydroxylation is 1. The lowest BCUT2D eigenvalue weighted by Gasteiger charge is -2.25. The third-order valence-electron chi connectivity index (χ3n) is 2.60. The molecule has 0 spiro atoms. The summed E-state index contributed by atoms with van der Waals surface area (Å²) in [7, 11) is 0. The van der Waals surface area contributed by atoms with Crippen LogP contribution in [0.4, 0.5) is 0 Å². The zero-order valence-electron chi connectivity index (χ0n) is 11.1. The standard InChI is InChI=1S/C14H22O2/c1-7-11-10(3)13(15)9(2)8-12(11)16-14(4,5)6/h8,15H,7H2,1-6H3. The molecule has 0 bridgehead atoms. The molecule has 1 N–H and O–H groups in total. The van der Waals surface area contributed by atoms with E-state index in [-0.39, 0.29) is 5.60 Å². The van der Waals surface area contributed by atoms with Crippen molar-refractivity contribution in [2.45, 2.75) is 53.6 Å². The van der Waals surface area contributed by atoms with Gasteiger partial charge in [-0.2, -0.15) is 0 Å². The summed E-state index contributed by atoms with van der Waals surface area (Å²) < 4.78 is 5.93. The second-order valence-electron chi connectivity index (χ2n) is 5.21. The number of phenolic OH excluding ortho intramolecular Hbond substituents is 1. The average Bonchev–Trinajstić information content (AvgIpc) is 2.12. The van der Waals surface area contributed by atoms with Crippen molar-refractivity contribution in [2.75, 3.05) is 0 Å². The molecule has 1 aromatic carbocycles. The molecule has 0 aliphatic carbocycles. The van der Waals surface area contributed by atoms with E-state index in [2.05, 4.69) is 6.92 Å². The highest BCUT2D eigenvalue weighted by Crippen LogP contribution is 2.34. The fourth-order valence-electron chi connectivity index (χ4n) is 1.84. The van der Waals surface area contributed by atoms with Crippen LogP contribution in [-0.2, 0) is 6.42 Å². The smallest absolute Gasteiger partial charge is 0.124 e. The first kappa shape index (κ1) is 12.9. The number of rotatable bonds is 2. The first-order valence-corrected chi connectivity index (χ1v) is 5.77. The average molecular weight is 222 g/mol. The first-order valence-electron chi connectivity index (χ1n) is 5.77. The minimum Gasteiger partial charge on any atom is -0.507 e. The summed E-state index contributed by atoms with van der Waals surface area (Å²) in [6.45, 7) is 12.0. The van der Waals surface area contributed by atoms with Crippen molar-refractivity contribution in [3.05, 3.63) is 22.8 Å². The van der Waals surface area contributed by atoms with Crippen LogP contribution >= 0.6 is 0 Å². The van der Waals surface area contributed by atoms with Crippen LogP contribution in [0, 0.1) is 13.8 Å². The fourth-order valence-corrected chi connectivity index (χ4v) is 1.84. The Kier molecular flexibility index (Phi) is 3.51. The van der Waals surface area contributed by atoms with Gasteiger partial charge in [0.2, 0.25) is 0 Å². The van der Waals surface area contributed by atoms with Crippen molar-refractivity contribution >= 4 is 0 Å². The third kappa shape index (κ3) is 2.69. The fraction of sp³-hybridized carbons (Fsp3) is 0.571. The molecule has 0 radical (unpaired) electrons. The van der Waals surface area contributed by atoms with Gasteiger partial charge in [0.15, 0.2) is 0 Å². The van der Waals surface area contributed by atoms with E-state index in [4.69, 9.17) is 4.74 Å². The van der Waals surface area contributed by atoms with Gasteiger partial charge in [0, 0.05) is 5.56 Å². The van der Waals surface area contributed by atoms with Crippen LogP contribution in [0.2, 0.25) is 0 Å². The van der Waals surface area contributed by atoms with Crippen LogP contribution in [0.5, 0.6) is 11.5 Å². The maximum Gasteiger partial charge on any atom is 0.124 e. The van der Waals surface area contributed by atoms with Crippen molar-refractivity contribution in [3.8, 4) is 11.5 Å². The van der Waals surface area contributed by atoms with Gasteiger partial charge in [0.25, 0.3) is 0 Å². The summed E-state index contributed by atoms with van der Waals surface area (Å²) in [5, 5.41) is 9.89. The lowest BCUT2D eigenvalue weighted by atomic mass is 10.00. The van der Waals surface area contributed by atoms with Crippen molar-refractivity contribution in [3.63, 3.8) is 0 Å². The number of ether oxygens (including phenoxy) is 1. The van der Waals surface area contributed by atoms with Gasteiger partial charge in [0.1, 0.15) is 17.1 Å². The maximum absolute atomic E-state index is 9.89. The molecule has 0 aliphatic rings. The Labute approximate surface area is 98.3 Å². The van der Waals surface area contributed by atoms with E-state index in [1.165, 1.54) is 0 Å². The molecule has 0 aromatic heterocycles. The SMILES string of the molecule is CCc1c(OC(C)(C)C)cc(C)c(O)c1C. The molecule has 2 nitrogen and oxygen atoms in total. The predicted octanol–water partition coefficient (Wildman–Crippen LogP) is 3.75. The van der Waals surface area contributed by atoms with E-state index in [9.17, 15) is 5.11 Å². The zero-order chi connectivity index (χ0) is 12.5. The lowest BCUT2D eigenvalue weighted by molar-refractivity contribution is 0.129. The van der Waals surface area contributed by atoms with Gasteiger partial charge in [0.05, 0.1) is 0 Å². The molecule has 0 heterocycles. The van der Waals surface area contributed by atoms with E-state index in [1.54, 1.807) is 0 Å². The number of phenols is 1. The minimum absolute atomic E-state index is 0.209. The molecule has 0 fully saturated rings. The quantitative estimate of drug-likeness (QED) is 0.825. The van der Waals surface area contributed by atoms with Gasteiger partial charge >= 0.3 is 0 Å². The summed E-state index contributed by atoms with van der Waals surface area (Å²) in [5.41, 5.74) is 2.69. The molecular weight excluding hydrogens is 200 g/mol. The second kappa shape index (κ2) is 4.36. The molecule has 0 atom stereocenters. The summed E-state index contributed by atoms with van der Waals surface area (Å²) in [6, 6.07) is 1.92. The lowest BCUT2D eigenvalue weighted by Crippen LogP contribution is -2.23. The Morgan fingerprint density at radius 1 is 1.25 bits per heavy atom. The Morgan fingerprint density at radius 2 is 1.81 bits per heavy atom. The summed E-state index contributed by atoms with van der Waals surface area (Å²) in [5.74, 6) is 1.28. The van der Waals surface area contributed by atoms with Crippen LogP contribution in [0.1, 0.15) is 44.4 Å². The van der Waals surface area contributed by atoms with E-state index < -0.39 is 0 Å². The van der Waals surface area contributed by atoms with Gasteiger partial charge in [-0.15, -0.1) is 0 Å². The first-order chi connectivity index (χ1) is 7.26. The van der Waals surface area contributed by atoms with E-state index in [0.717, 1.165) is 28.9 Å². The minimum atomic E-state index is -0.209. The van der Waals surface area contributed by atoms with E-state index in [0.29, 0.717) is 5.75 Å². The van der Waals surface area contributed by atoms with Crippen molar-refractivity contribution in [2.24, 2.45) is 0 Å². The van der Waals surface area contributed by atoms with Crippen molar-refractivity contribution in [1.82, 2.24) is 0 Å². The van der Waals surface area contributed by atoms with Crippen LogP contribution < -0.4 is 4.74 Å². The van der Waals surface area contributed by atoms with Gasteiger partial charge in [-0.1, -0.05) is 6.92 Å². The normalized spacial score (nSPS) is 11.6. The number of hydrogen-bond donors (Lipinski definition) is 1. The molecular formula is C14H22O2. The molecule has 0 unspecified atom stereocenters. The van der Waals surface area contributed by atoms with Crippen LogP contribution in [-0.4, -0.2) is 10.7 Å². The Balaban J connectivity index is 3.28. The Hall–Kier alpha value is -1.18. The highest BCUT2D eigenvalue weighted by atomic mass is 16.5. The summed E-state index contributed by atoms with van der Waals surface area (Å²) in [6.07, 6.45) is 0.866. The highest BCUT2D eigenvalue weighted by molar-refractivity contribution is 5.52. The molecule has 1 rings (SSSR count). The highest BCUT2D eigenvalue weighted by Gasteiger charge is 2.17. The predicted molar refractivity (Wildman–Crippen MR) is 67.3 cm³/mol. The molecule has 0 saturated carbocycles. The molecule has 90 valence electrons. The topological polar surface area (TPSA) is 29.5 Å². The summed E-state index contributed by atoms with van der Waals surface area (Å²) >= 11 is 0. The van der Waals surface area contributed by atoms with E-state index >= 15 is 0 Å². The van der Waals surface area contributed by atoms with Gasteiger partial charge in [-0.3, -0.25) is 0 Å². The maximum atomic E-state index is 9.89. The number of benzene rings is 1. The monoisotopic (exact) mass is 222 g/mol. The van der Waals surface area contributed by atoms with Crippen molar-refractivity contribution in [1.29, 1.82) is 0 Å². The van der Waals surface area contributed by atoms with Gasteiger partial charge < -0.3 is 9.84 Å². The number of hydrogen-bond acceptors (Lipinski definition) is 2. The molecule has 16 heavy (non-hydrogen) atoms. The summed E-state index contributed by atoms with van der Waals surface area (Å²) in [4.78, 5) is 0. The molecule has 0 amide bonds. The van der Waals surface area contributed by atoms with Gasteiger partial charge in [-0.05, 0) is 58.2 Å². The zero-order valence-corrected chi connectivity index (χ0v) is 11.1. The molecule has 2 heteroatoms. The second-order valence-corrected chi connectivity index (χ2v) is 5.21. The van der Waals surface area contributed by atoms with Gasteiger partial charge in [-0.25, -0.2) is 0 Å².